The first kappa shape index (κ1) is 11.6. The molecular weight excluding hydrogens is 264 g/mol. The number of thiazole rings is 1. The van der Waals surface area contributed by atoms with Crippen LogP contribution in [0.1, 0.15) is 15.4 Å². The summed E-state index contributed by atoms with van der Waals surface area (Å²) in [4.78, 5) is 29.3. The van der Waals surface area contributed by atoms with Gasteiger partial charge in [-0.1, -0.05) is 29.6 Å². The Bertz CT molecular complexity index is 874. The van der Waals surface area contributed by atoms with Crippen molar-refractivity contribution in [1.29, 1.82) is 0 Å². The first-order valence-corrected chi connectivity index (χ1v) is 6.29. The summed E-state index contributed by atoms with van der Waals surface area (Å²) >= 11 is 0.884. The van der Waals surface area contributed by atoms with Gasteiger partial charge in [-0.3, -0.25) is 14.6 Å². The van der Waals surface area contributed by atoms with Crippen molar-refractivity contribution in [3.8, 4) is 5.88 Å². The van der Waals surface area contributed by atoms with Crippen LogP contribution in [0, 0.1) is 0 Å². The molecule has 2 aromatic heterocycles. The third kappa shape index (κ3) is 2.13. The molecule has 0 unspecified atom stereocenters. The summed E-state index contributed by atoms with van der Waals surface area (Å²) in [5, 5.41) is 10.8. The second-order valence-corrected chi connectivity index (χ2v) is 4.95. The first-order valence-electron chi connectivity index (χ1n) is 5.47. The number of ketones is 1. The average Bonchev–Trinajstić information content (AvgIpc) is 2.69. The Morgan fingerprint density at radius 1 is 1.32 bits per heavy atom. The highest BCUT2D eigenvalue weighted by Crippen LogP contribution is 2.15. The van der Waals surface area contributed by atoms with Gasteiger partial charge in [-0.15, -0.1) is 0 Å². The van der Waals surface area contributed by atoms with Crippen molar-refractivity contribution in [2.24, 2.45) is 0 Å². The van der Waals surface area contributed by atoms with Gasteiger partial charge in [0.05, 0.1) is 10.2 Å². The zero-order valence-corrected chi connectivity index (χ0v) is 10.4. The smallest absolute Gasteiger partial charge is 0.307 e. The number of rotatable bonds is 1. The van der Waals surface area contributed by atoms with Crippen molar-refractivity contribution in [2.75, 3.05) is 0 Å². The fourth-order valence-electron chi connectivity index (χ4n) is 1.78. The number of hydrogen-bond donors (Lipinski definition) is 2. The monoisotopic (exact) mass is 272 g/mol. The van der Waals surface area contributed by atoms with Crippen molar-refractivity contribution in [3.63, 3.8) is 0 Å². The molecular formula is C13H8N2O3S. The van der Waals surface area contributed by atoms with Crippen molar-refractivity contribution in [2.45, 2.75) is 0 Å². The lowest BCUT2D eigenvalue weighted by atomic mass is 10.1. The fourth-order valence-corrected chi connectivity index (χ4v) is 2.45. The van der Waals surface area contributed by atoms with E-state index in [0.29, 0.717) is 15.9 Å². The lowest BCUT2D eigenvalue weighted by Gasteiger charge is -2.00. The number of aromatic amines is 1. The average molecular weight is 272 g/mol. The number of H-pyrrole nitrogens is 1. The molecule has 0 saturated carbocycles. The number of nitrogens with zero attached hydrogens (tertiary/aromatic N) is 1. The van der Waals surface area contributed by atoms with Crippen molar-refractivity contribution < 1.29 is 9.90 Å². The van der Waals surface area contributed by atoms with Gasteiger partial charge in [0, 0.05) is 5.22 Å². The maximum atomic E-state index is 11.7. The molecule has 19 heavy (non-hydrogen) atoms. The highest BCUT2D eigenvalue weighted by atomic mass is 32.1. The van der Waals surface area contributed by atoms with Crippen LogP contribution in [0.3, 0.4) is 0 Å². The Labute approximate surface area is 110 Å². The standard InChI is InChI=1S/C13H8N2O3S/c16-9-3-1-2-7-4-5-8(14-11(7)9)6-10-12(17)15-13(18)19-10/h1-6,17H,(H,15,18)/b8-6-. The highest BCUT2D eigenvalue weighted by molar-refractivity contribution is 7.10. The van der Waals surface area contributed by atoms with Crippen LogP contribution in [-0.2, 0) is 0 Å². The van der Waals surface area contributed by atoms with E-state index in [-0.39, 0.29) is 16.5 Å². The molecule has 0 atom stereocenters. The molecule has 0 amide bonds. The van der Waals surface area contributed by atoms with Crippen LogP contribution in [0.2, 0.25) is 0 Å². The van der Waals surface area contributed by atoms with Gasteiger partial charge in [-0.05, 0) is 18.2 Å². The number of pyridine rings is 1. The largest absolute Gasteiger partial charge is 0.493 e. The summed E-state index contributed by atoms with van der Waals surface area (Å²) in [5.41, 5.74) is 0.374. The Hall–Kier alpha value is -2.47. The number of hydrogen-bond acceptors (Lipinski definition) is 5. The molecule has 1 aliphatic rings. The molecule has 3 rings (SSSR count). The zero-order valence-electron chi connectivity index (χ0n) is 9.58. The van der Waals surface area contributed by atoms with Gasteiger partial charge in [0.15, 0.2) is 0 Å². The van der Waals surface area contributed by atoms with E-state index in [2.05, 4.69) is 9.97 Å². The van der Waals surface area contributed by atoms with Crippen molar-refractivity contribution in [3.05, 3.63) is 55.1 Å². The van der Waals surface area contributed by atoms with Crippen LogP contribution in [0.4, 0.5) is 0 Å². The molecule has 6 heteroatoms. The number of carbonyl (C=O) groups is 1. The maximum absolute atomic E-state index is 11.7. The Balaban J connectivity index is 2.19. The van der Waals surface area contributed by atoms with Gasteiger partial charge < -0.3 is 5.11 Å². The molecule has 0 saturated heterocycles. The minimum Gasteiger partial charge on any atom is -0.493 e. The van der Waals surface area contributed by atoms with E-state index in [1.807, 2.05) is 0 Å². The number of aromatic hydroxyl groups is 1. The summed E-state index contributed by atoms with van der Waals surface area (Å²) in [7, 11) is 0. The molecule has 2 heterocycles. The maximum Gasteiger partial charge on any atom is 0.307 e. The molecule has 94 valence electrons. The molecule has 0 aromatic carbocycles. The normalized spacial score (nSPS) is 14.3. The fraction of sp³-hybridized carbons (Fsp3) is 0. The number of aromatic nitrogens is 2. The van der Waals surface area contributed by atoms with Crippen LogP contribution in [-0.4, -0.2) is 20.9 Å². The van der Waals surface area contributed by atoms with Crippen molar-refractivity contribution in [1.82, 2.24) is 9.97 Å². The van der Waals surface area contributed by atoms with Crippen molar-refractivity contribution >= 4 is 29.3 Å². The molecule has 2 aromatic rings. The summed E-state index contributed by atoms with van der Waals surface area (Å²) in [6.45, 7) is 0. The lowest BCUT2D eigenvalue weighted by Crippen LogP contribution is -2.24. The van der Waals surface area contributed by atoms with Gasteiger partial charge in [0.1, 0.15) is 5.69 Å². The number of fused-ring (bicyclic) bond motifs is 1. The number of nitrogens with one attached hydrogen (secondary N) is 1. The second-order valence-electron chi connectivity index (χ2n) is 3.94. The second kappa shape index (κ2) is 4.33. The lowest BCUT2D eigenvalue weighted by molar-refractivity contribution is 0.104. The van der Waals surface area contributed by atoms with Crippen LogP contribution in [0.15, 0.2) is 29.1 Å². The predicted octanol–water partition coefficient (Wildman–Crippen LogP) is -0.101. The SMILES string of the molecule is O=C1C=CC=c2cc/c(=C/c3sc(=O)[nH]c3O)nc21. The van der Waals surface area contributed by atoms with E-state index in [1.54, 1.807) is 30.4 Å². The van der Waals surface area contributed by atoms with E-state index in [0.717, 1.165) is 16.6 Å². The van der Waals surface area contributed by atoms with Gasteiger partial charge in [0.2, 0.25) is 11.7 Å². The molecule has 0 spiro atoms. The van der Waals surface area contributed by atoms with Gasteiger partial charge in [0.25, 0.3) is 0 Å². The Morgan fingerprint density at radius 2 is 2.16 bits per heavy atom. The van der Waals surface area contributed by atoms with E-state index < -0.39 is 0 Å². The molecule has 2 N–H and O–H groups in total. The molecule has 0 fully saturated rings. The first-order chi connectivity index (χ1) is 9.13. The molecule has 1 aliphatic carbocycles. The summed E-state index contributed by atoms with van der Waals surface area (Å²) < 4.78 is 0. The van der Waals surface area contributed by atoms with Crippen LogP contribution < -0.4 is 15.4 Å². The molecule has 5 nitrogen and oxygen atoms in total. The highest BCUT2D eigenvalue weighted by Gasteiger charge is 2.09. The minimum absolute atomic E-state index is 0.153. The van der Waals surface area contributed by atoms with E-state index in [4.69, 9.17) is 0 Å². The quantitative estimate of drug-likeness (QED) is 0.759. The van der Waals surface area contributed by atoms with Gasteiger partial charge in [-0.2, -0.15) is 0 Å². The topological polar surface area (TPSA) is 83.0 Å². The van der Waals surface area contributed by atoms with E-state index in [1.165, 1.54) is 6.08 Å². The van der Waals surface area contributed by atoms with E-state index in [9.17, 15) is 14.7 Å². The Kier molecular flexibility index (Phi) is 2.64. The van der Waals surface area contributed by atoms with E-state index >= 15 is 0 Å². The summed E-state index contributed by atoms with van der Waals surface area (Å²) in [6, 6.07) is 3.51. The van der Waals surface area contributed by atoms with Gasteiger partial charge in [-0.25, -0.2) is 4.98 Å². The molecule has 0 radical (unpaired) electrons. The molecule has 0 aliphatic heterocycles. The van der Waals surface area contributed by atoms with Crippen LogP contribution in [0.5, 0.6) is 5.88 Å². The van der Waals surface area contributed by atoms with Crippen LogP contribution >= 0.6 is 11.3 Å². The third-order valence-corrected chi connectivity index (χ3v) is 3.46. The summed E-state index contributed by atoms with van der Waals surface area (Å²) in [6.07, 6.45) is 6.49. The zero-order chi connectivity index (χ0) is 13.4. The minimum atomic E-state index is -0.339. The van der Waals surface area contributed by atoms with Crippen LogP contribution in [0.25, 0.3) is 12.2 Å². The number of carbonyl (C=O) groups excluding carboxylic acids is 1. The molecule has 0 bridgehead atoms. The number of allylic oxidation sites excluding steroid dienone is 2. The Morgan fingerprint density at radius 3 is 2.89 bits per heavy atom. The summed E-state index contributed by atoms with van der Waals surface area (Å²) in [5.74, 6) is -0.341. The van der Waals surface area contributed by atoms with Gasteiger partial charge >= 0.3 is 4.87 Å². The predicted molar refractivity (Wildman–Crippen MR) is 71.6 cm³/mol. The third-order valence-electron chi connectivity index (χ3n) is 2.64.